The van der Waals surface area contributed by atoms with Gasteiger partial charge in [-0.05, 0) is 46.3 Å². The predicted octanol–water partition coefficient (Wildman–Crippen LogP) is 3.42. The Kier molecular flexibility index (Phi) is 5.34. The Morgan fingerprint density at radius 1 is 1.21 bits per heavy atom. The van der Waals surface area contributed by atoms with Crippen molar-refractivity contribution in [1.29, 1.82) is 0 Å². The summed E-state index contributed by atoms with van der Waals surface area (Å²) in [6, 6.07) is 11.3. The van der Waals surface area contributed by atoms with Gasteiger partial charge in [-0.1, -0.05) is 6.07 Å². The first-order chi connectivity index (χ1) is 14.1. The second kappa shape index (κ2) is 8.23. The van der Waals surface area contributed by atoms with Gasteiger partial charge >= 0.3 is 5.97 Å². The summed E-state index contributed by atoms with van der Waals surface area (Å²) in [7, 11) is 0. The molecule has 0 radical (unpaired) electrons. The number of halogens is 1. The van der Waals surface area contributed by atoms with Crippen molar-refractivity contribution in [3.63, 3.8) is 0 Å². The molecule has 146 valence electrons. The van der Waals surface area contributed by atoms with Crippen LogP contribution in [0.5, 0.6) is 0 Å². The number of aliphatic carboxylic acids is 1. The van der Waals surface area contributed by atoms with E-state index in [2.05, 4.69) is 46.6 Å². The third-order valence-electron chi connectivity index (χ3n) is 4.02. The van der Waals surface area contributed by atoms with Gasteiger partial charge in [0.15, 0.2) is 0 Å². The van der Waals surface area contributed by atoms with Crippen LogP contribution in [0.2, 0.25) is 0 Å². The lowest BCUT2D eigenvalue weighted by Gasteiger charge is -2.10. The molecule has 3 N–H and O–H groups in total. The first kappa shape index (κ1) is 18.8. The molecule has 29 heavy (non-hydrogen) atoms. The summed E-state index contributed by atoms with van der Waals surface area (Å²) >= 11 is 3.45. The van der Waals surface area contributed by atoms with Crippen LogP contribution in [0.15, 0.2) is 59.5 Å². The molecule has 0 bridgehead atoms. The molecule has 0 aliphatic heterocycles. The van der Waals surface area contributed by atoms with Crippen molar-refractivity contribution in [2.75, 3.05) is 10.6 Å². The number of nitrogens with zero attached hydrogens (tertiary/aromatic N) is 5. The van der Waals surface area contributed by atoms with Crippen LogP contribution in [-0.4, -0.2) is 35.8 Å². The number of carboxylic acids is 1. The standard InChI is InChI=1S/C19H16BrN7O2/c20-15-9-23-19(25-18(15)22-8-14-3-1-2-6-21-14)24-13-5-4-12-10-27(11-17(28)29)26-16(12)7-13/h1-7,9-10H,8,11H2,(H,28,29)(H2,22,23,24,25). The molecule has 4 aromatic rings. The molecule has 0 unspecified atom stereocenters. The van der Waals surface area contributed by atoms with E-state index in [0.717, 1.165) is 21.2 Å². The van der Waals surface area contributed by atoms with Crippen molar-refractivity contribution in [2.24, 2.45) is 0 Å². The van der Waals surface area contributed by atoms with E-state index in [9.17, 15) is 4.79 Å². The molecule has 0 spiro atoms. The van der Waals surface area contributed by atoms with Crippen LogP contribution in [0.3, 0.4) is 0 Å². The summed E-state index contributed by atoms with van der Waals surface area (Å²) in [4.78, 5) is 23.9. The maximum absolute atomic E-state index is 10.9. The van der Waals surface area contributed by atoms with Gasteiger partial charge in [0, 0.05) is 29.7 Å². The summed E-state index contributed by atoms with van der Waals surface area (Å²) in [5.41, 5.74) is 2.33. The van der Waals surface area contributed by atoms with Gasteiger partial charge in [-0.15, -0.1) is 0 Å². The Labute approximate surface area is 174 Å². The Morgan fingerprint density at radius 3 is 2.90 bits per heavy atom. The van der Waals surface area contributed by atoms with Crippen LogP contribution in [0, 0.1) is 0 Å². The number of carbonyl (C=O) groups is 1. The quantitative estimate of drug-likeness (QED) is 0.389. The summed E-state index contributed by atoms with van der Waals surface area (Å²) in [5.74, 6) is 0.117. The van der Waals surface area contributed by atoms with Crippen LogP contribution < -0.4 is 10.6 Å². The highest BCUT2D eigenvalue weighted by molar-refractivity contribution is 9.10. The van der Waals surface area contributed by atoms with Crippen molar-refractivity contribution in [3.05, 3.63) is 65.2 Å². The highest BCUT2D eigenvalue weighted by atomic mass is 79.9. The predicted molar refractivity (Wildman–Crippen MR) is 112 cm³/mol. The fraction of sp³-hybridized carbons (Fsp3) is 0.105. The molecule has 0 aliphatic rings. The van der Waals surface area contributed by atoms with Gasteiger partial charge in [-0.3, -0.25) is 14.5 Å². The number of aromatic nitrogens is 5. The largest absolute Gasteiger partial charge is 0.480 e. The second-order valence-corrected chi connectivity index (χ2v) is 7.04. The van der Waals surface area contributed by atoms with E-state index in [1.807, 2.05) is 36.4 Å². The number of hydrogen-bond acceptors (Lipinski definition) is 7. The molecule has 0 aliphatic carbocycles. The smallest absolute Gasteiger partial charge is 0.325 e. The van der Waals surface area contributed by atoms with Gasteiger partial charge in [0.25, 0.3) is 0 Å². The van der Waals surface area contributed by atoms with Crippen LogP contribution in [0.25, 0.3) is 10.9 Å². The molecule has 1 aromatic carbocycles. The lowest BCUT2D eigenvalue weighted by molar-refractivity contribution is -0.137. The third-order valence-corrected chi connectivity index (χ3v) is 4.60. The summed E-state index contributed by atoms with van der Waals surface area (Å²) in [6.07, 6.45) is 5.10. The van der Waals surface area contributed by atoms with E-state index < -0.39 is 5.97 Å². The maximum atomic E-state index is 10.9. The number of benzene rings is 1. The zero-order valence-corrected chi connectivity index (χ0v) is 16.7. The van der Waals surface area contributed by atoms with E-state index in [1.54, 1.807) is 18.6 Å². The fourth-order valence-corrected chi connectivity index (χ4v) is 3.05. The molecule has 4 rings (SSSR count). The van der Waals surface area contributed by atoms with Crippen LogP contribution in [0.1, 0.15) is 5.69 Å². The van der Waals surface area contributed by atoms with Gasteiger partial charge < -0.3 is 15.7 Å². The first-order valence-corrected chi connectivity index (χ1v) is 9.48. The minimum atomic E-state index is -0.940. The molecule has 0 saturated heterocycles. The molecule has 10 heteroatoms. The third kappa shape index (κ3) is 4.66. The van der Waals surface area contributed by atoms with Crippen LogP contribution >= 0.6 is 15.9 Å². The summed E-state index contributed by atoms with van der Waals surface area (Å²) in [6.45, 7) is 0.349. The minimum absolute atomic E-state index is 0.182. The monoisotopic (exact) mass is 453 g/mol. The van der Waals surface area contributed by atoms with Crippen LogP contribution in [-0.2, 0) is 17.9 Å². The zero-order valence-electron chi connectivity index (χ0n) is 15.1. The minimum Gasteiger partial charge on any atom is -0.480 e. The average Bonchev–Trinajstić information content (AvgIpc) is 3.10. The van der Waals surface area contributed by atoms with E-state index in [0.29, 0.717) is 23.8 Å². The Bertz CT molecular complexity index is 1160. The Hall–Kier alpha value is -3.53. The van der Waals surface area contributed by atoms with E-state index in [-0.39, 0.29) is 6.54 Å². The van der Waals surface area contributed by atoms with Crippen molar-refractivity contribution in [3.8, 4) is 0 Å². The summed E-state index contributed by atoms with van der Waals surface area (Å²) in [5, 5.41) is 20.4. The number of fused-ring (bicyclic) bond motifs is 1. The van der Waals surface area contributed by atoms with Crippen LogP contribution in [0.4, 0.5) is 17.5 Å². The Balaban J connectivity index is 1.50. The number of anilines is 3. The highest BCUT2D eigenvalue weighted by Crippen LogP contribution is 2.24. The lowest BCUT2D eigenvalue weighted by atomic mass is 10.2. The van der Waals surface area contributed by atoms with Crippen molar-refractivity contribution in [2.45, 2.75) is 13.1 Å². The number of rotatable bonds is 7. The molecule has 3 heterocycles. The molecule has 0 fully saturated rings. The molecular formula is C19H16BrN7O2. The second-order valence-electron chi connectivity index (χ2n) is 6.18. The van der Waals surface area contributed by atoms with E-state index in [4.69, 9.17) is 5.11 Å². The maximum Gasteiger partial charge on any atom is 0.325 e. The number of nitrogens with one attached hydrogen (secondary N) is 2. The normalized spacial score (nSPS) is 10.8. The lowest BCUT2D eigenvalue weighted by Crippen LogP contribution is -2.08. The topological polar surface area (TPSA) is 118 Å². The van der Waals surface area contributed by atoms with E-state index >= 15 is 0 Å². The molecule has 0 saturated carbocycles. The average molecular weight is 454 g/mol. The molecule has 0 atom stereocenters. The first-order valence-electron chi connectivity index (χ1n) is 8.69. The van der Waals surface area contributed by atoms with Gasteiger partial charge in [0.05, 0.1) is 22.2 Å². The van der Waals surface area contributed by atoms with Gasteiger partial charge in [-0.2, -0.15) is 10.1 Å². The molecule has 3 aromatic heterocycles. The fourth-order valence-electron chi connectivity index (χ4n) is 2.72. The Morgan fingerprint density at radius 2 is 2.10 bits per heavy atom. The molecular weight excluding hydrogens is 438 g/mol. The number of hydrogen-bond donors (Lipinski definition) is 3. The van der Waals surface area contributed by atoms with Crippen molar-refractivity contribution < 1.29 is 9.90 Å². The van der Waals surface area contributed by atoms with Gasteiger partial charge in [-0.25, -0.2) is 4.98 Å². The van der Waals surface area contributed by atoms with Gasteiger partial charge in [0.2, 0.25) is 5.95 Å². The highest BCUT2D eigenvalue weighted by Gasteiger charge is 2.08. The van der Waals surface area contributed by atoms with E-state index in [1.165, 1.54) is 4.68 Å². The SMILES string of the molecule is O=C(O)Cn1cc2ccc(Nc3ncc(Br)c(NCc4ccccn4)n3)cc2n1. The zero-order chi connectivity index (χ0) is 20.2. The number of carboxylic acid groups (broad SMARTS) is 1. The van der Waals surface area contributed by atoms with Crippen molar-refractivity contribution in [1.82, 2.24) is 24.7 Å². The summed E-state index contributed by atoms with van der Waals surface area (Å²) < 4.78 is 2.13. The number of pyridine rings is 1. The molecule has 0 amide bonds. The molecule has 9 nitrogen and oxygen atoms in total. The van der Waals surface area contributed by atoms with Crippen molar-refractivity contribution >= 4 is 50.3 Å². The van der Waals surface area contributed by atoms with Gasteiger partial charge in [0.1, 0.15) is 12.4 Å².